The molecule has 0 saturated heterocycles. The maximum absolute atomic E-state index is 12.5. The van der Waals surface area contributed by atoms with Crippen molar-refractivity contribution in [2.75, 3.05) is 11.1 Å². The van der Waals surface area contributed by atoms with E-state index in [0.717, 1.165) is 41.4 Å². The lowest BCUT2D eigenvalue weighted by Gasteiger charge is -2.11. The van der Waals surface area contributed by atoms with E-state index in [-0.39, 0.29) is 5.91 Å². The van der Waals surface area contributed by atoms with Gasteiger partial charge in [-0.05, 0) is 55.7 Å². The summed E-state index contributed by atoms with van der Waals surface area (Å²) in [6, 6.07) is 17.4. The number of halogens is 1. The second kappa shape index (κ2) is 7.56. The minimum absolute atomic E-state index is 0.0308. The number of rotatable bonds is 5. The molecule has 132 valence electrons. The monoisotopic (exact) mass is 383 g/mol. The van der Waals surface area contributed by atoms with Gasteiger partial charge in [-0.1, -0.05) is 29.8 Å². The third-order valence-corrected chi connectivity index (χ3v) is 5.61. The Labute approximate surface area is 161 Å². The summed E-state index contributed by atoms with van der Waals surface area (Å²) in [7, 11) is 0. The van der Waals surface area contributed by atoms with E-state index in [1.807, 2.05) is 59.3 Å². The van der Waals surface area contributed by atoms with Crippen LogP contribution in [0.4, 0.5) is 5.82 Å². The van der Waals surface area contributed by atoms with Crippen LogP contribution in [0.3, 0.4) is 0 Å². The lowest BCUT2D eigenvalue weighted by Crippen LogP contribution is -2.18. The molecule has 0 saturated carbocycles. The summed E-state index contributed by atoms with van der Waals surface area (Å²) in [6.07, 6.45) is 3.02. The average Bonchev–Trinajstić information content (AvgIpc) is 3.25. The van der Waals surface area contributed by atoms with Crippen LogP contribution in [0.1, 0.15) is 17.7 Å². The zero-order chi connectivity index (χ0) is 17.9. The number of hydrogen-bond acceptors (Lipinski definition) is 3. The molecule has 1 aliphatic rings. The largest absolute Gasteiger partial charge is 0.310 e. The summed E-state index contributed by atoms with van der Waals surface area (Å²) in [5.41, 5.74) is 3.22. The molecule has 1 amide bonds. The van der Waals surface area contributed by atoms with Crippen LogP contribution in [-0.4, -0.2) is 21.4 Å². The van der Waals surface area contributed by atoms with Gasteiger partial charge in [-0.3, -0.25) is 4.79 Å². The molecule has 1 heterocycles. The Kier molecular flexibility index (Phi) is 5.00. The van der Waals surface area contributed by atoms with Crippen LogP contribution in [-0.2, 0) is 17.6 Å². The zero-order valence-electron chi connectivity index (χ0n) is 14.1. The molecule has 0 fully saturated rings. The normalized spacial score (nSPS) is 12.8. The van der Waals surface area contributed by atoms with Gasteiger partial charge < -0.3 is 5.32 Å². The Balaban J connectivity index is 1.52. The van der Waals surface area contributed by atoms with Crippen LogP contribution >= 0.6 is 23.4 Å². The van der Waals surface area contributed by atoms with Gasteiger partial charge in [-0.2, -0.15) is 5.10 Å². The van der Waals surface area contributed by atoms with Crippen molar-refractivity contribution in [1.29, 1.82) is 0 Å². The maximum Gasteiger partial charge on any atom is 0.235 e. The Bertz CT molecular complexity index is 922. The highest BCUT2D eigenvalue weighted by molar-refractivity contribution is 8.00. The van der Waals surface area contributed by atoms with Gasteiger partial charge in [0.1, 0.15) is 5.82 Å². The highest BCUT2D eigenvalue weighted by atomic mass is 35.5. The molecule has 1 aliphatic carbocycles. The van der Waals surface area contributed by atoms with Gasteiger partial charge >= 0.3 is 0 Å². The van der Waals surface area contributed by atoms with E-state index in [9.17, 15) is 4.79 Å². The highest BCUT2D eigenvalue weighted by Crippen LogP contribution is 2.31. The molecule has 1 aromatic heterocycles. The fourth-order valence-electron chi connectivity index (χ4n) is 3.12. The Hall–Kier alpha value is -2.24. The zero-order valence-corrected chi connectivity index (χ0v) is 15.7. The number of aryl methyl sites for hydroxylation is 1. The molecule has 0 atom stereocenters. The van der Waals surface area contributed by atoms with Gasteiger partial charge in [0.05, 0.1) is 17.1 Å². The number of amides is 1. The second-order valence-electron chi connectivity index (χ2n) is 6.17. The van der Waals surface area contributed by atoms with Crippen LogP contribution in [0, 0.1) is 0 Å². The highest BCUT2D eigenvalue weighted by Gasteiger charge is 2.24. The maximum atomic E-state index is 12.5. The molecule has 0 spiro atoms. The van der Waals surface area contributed by atoms with E-state index >= 15 is 0 Å². The molecule has 0 bridgehead atoms. The third kappa shape index (κ3) is 3.64. The van der Waals surface area contributed by atoms with Crippen molar-refractivity contribution in [2.45, 2.75) is 24.2 Å². The Morgan fingerprint density at radius 3 is 2.65 bits per heavy atom. The minimum atomic E-state index is -0.0308. The molecule has 2 aromatic carbocycles. The van der Waals surface area contributed by atoms with Gasteiger partial charge in [-0.25, -0.2) is 4.68 Å². The molecule has 0 aliphatic heterocycles. The molecule has 4 rings (SSSR count). The summed E-state index contributed by atoms with van der Waals surface area (Å²) in [6.45, 7) is 0. The van der Waals surface area contributed by atoms with E-state index < -0.39 is 0 Å². The lowest BCUT2D eigenvalue weighted by atomic mass is 10.2. The Morgan fingerprint density at radius 2 is 1.88 bits per heavy atom. The molecule has 4 nitrogen and oxygen atoms in total. The first-order chi connectivity index (χ1) is 12.7. The van der Waals surface area contributed by atoms with Gasteiger partial charge in [-0.15, -0.1) is 11.8 Å². The van der Waals surface area contributed by atoms with Gasteiger partial charge in [0.15, 0.2) is 0 Å². The van der Waals surface area contributed by atoms with Crippen molar-refractivity contribution >= 4 is 35.1 Å². The Morgan fingerprint density at radius 1 is 1.12 bits per heavy atom. The number of anilines is 1. The fourth-order valence-corrected chi connectivity index (χ4v) is 3.95. The number of thioether (sulfide) groups is 1. The summed E-state index contributed by atoms with van der Waals surface area (Å²) < 4.78 is 1.86. The number of aromatic nitrogens is 2. The molecule has 0 unspecified atom stereocenters. The number of carbonyl (C=O) groups excluding carboxylic acids is 1. The topological polar surface area (TPSA) is 46.9 Å². The first-order valence-electron chi connectivity index (χ1n) is 8.55. The molecule has 6 heteroatoms. The summed E-state index contributed by atoms with van der Waals surface area (Å²) in [5.74, 6) is 1.12. The van der Waals surface area contributed by atoms with E-state index in [1.54, 1.807) is 0 Å². The lowest BCUT2D eigenvalue weighted by molar-refractivity contribution is -0.113. The van der Waals surface area contributed by atoms with Crippen molar-refractivity contribution in [2.24, 2.45) is 0 Å². The van der Waals surface area contributed by atoms with Crippen LogP contribution in [0.5, 0.6) is 0 Å². The summed E-state index contributed by atoms with van der Waals surface area (Å²) in [5, 5.41) is 8.50. The van der Waals surface area contributed by atoms with Crippen LogP contribution in [0.2, 0.25) is 5.02 Å². The minimum Gasteiger partial charge on any atom is -0.310 e. The van der Waals surface area contributed by atoms with Crippen molar-refractivity contribution in [1.82, 2.24) is 9.78 Å². The summed E-state index contributed by atoms with van der Waals surface area (Å²) in [4.78, 5) is 13.6. The smallest absolute Gasteiger partial charge is 0.235 e. The van der Waals surface area contributed by atoms with E-state index in [1.165, 1.54) is 17.3 Å². The van der Waals surface area contributed by atoms with Crippen LogP contribution in [0.25, 0.3) is 5.69 Å². The van der Waals surface area contributed by atoms with Crippen molar-refractivity contribution in [3.05, 3.63) is 70.9 Å². The number of carbonyl (C=O) groups is 1. The number of para-hydroxylation sites is 1. The van der Waals surface area contributed by atoms with Gasteiger partial charge in [0.2, 0.25) is 5.91 Å². The van der Waals surface area contributed by atoms with E-state index in [0.29, 0.717) is 10.8 Å². The van der Waals surface area contributed by atoms with E-state index in [4.69, 9.17) is 16.7 Å². The first kappa shape index (κ1) is 17.2. The number of fused-ring (bicyclic) bond motifs is 1. The van der Waals surface area contributed by atoms with Crippen LogP contribution in [0.15, 0.2) is 59.5 Å². The molecule has 3 aromatic rings. The predicted octanol–water partition coefficient (Wildman–Crippen LogP) is 4.75. The van der Waals surface area contributed by atoms with Crippen molar-refractivity contribution in [3.63, 3.8) is 0 Å². The van der Waals surface area contributed by atoms with Crippen molar-refractivity contribution in [3.8, 4) is 5.69 Å². The molecule has 1 N–H and O–H groups in total. The van der Waals surface area contributed by atoms with Crippen molar-refractivity contribution < 1.29 is 4.79 Å². The van der Waals surface area contributed by atoms with Gasteiger partial charge in [0, 0.05) is 15.5 Å². The van der Waals surface area contributed by atoms with Crippen LogP contribution < -0.4 is 5.32 Å². The predicted molar refractivity (Wildman–Crippen MR) is 106 cm³/mol. The number of benzene rings is 2. The number of nitrogens with one attached hydrogen (secondary N) is 1. The molecular weight excluding hydrogens is 366 g/mol. The quantitative estimate of drug-likeness (QED) is 0.647. The second-order valence-corrected chi connectivity index (χ2v) is 7.65. The average molecular weight is 384 g/mol. The first-order valence-corrected chi connectivity index (χ1v) is 9.91. The summed E-state index contributed by atoms with van der Waals surface area (Å²) >= 11 is 7.39. The third-order valence-electron chi connectivity index (χ3n) is 4.35. The van der Waals surface area contributed by atoms with Gasteiger partial charge in [0.25, 0.3) is 0 Å². The SMILES string of the molecule is O=C(CSc1ccc(Cl)cc1)Nc1c2c(nn1-c1ccccc1)CCC2. The molecule has 0 radical (unpaired) electrons. The standard InChI is InChI=1S/C20H18ClN3OS/c21-14-9-11-16(12-10-14)26-13-19(25)22-20-17-7-4-8-18(17)23-24(20)15-5-2-1-3-6-15/h1-3,5-6,9-12H,4,7-8,13H2,(H,22,25). The number of hydrogen-bond donors (Lipinski definition) is 1. The number of nitrogens with zero attached hydrogens (tertiary/aromatic N) is 2. The molecular formula is C20H18ClN3OS. The molecule has 26 heavy (non-hydrogen) atoms. The fraction of sp³-hybridized carbons (Fsp3) is 0.200. The van der Waals surface area contributed by atoms with E-state index in [2.05, 4.69) is 5.32 Å².